The molecule has 0 aliphatic rings. The summed E-state index contributed by atoms with van der Waals surface area (Å²) in [5, 5.41) is 0. The Morgan fingerprint density at radius 2 is 1.90 bits per heavy atom. The van der Waals surface area contributed by atoms with Crippen LogP contribution >= 0.6 is 0 Å². The number of anilines is 1. The zero-order valence-electron chi connectivity index (χ0n) is 12.7. The Kier molecular flexibility index (Phi) is 5.36. The van der Waals surface area contributed by atoms with Crippen LogP contribution in [0.3, 0.4) is 0 Å². The van der Waals surface area contributed by atoms with Gasteiger partial charge in [0.1, 0.15) is 0 Å². The van der Waals surface area contributed by atoms with Gasteiger partial charge in [-0.2, -0.15) is 4.31 Å². The van der Waals surface area contributed by atoms with Gasteiger partial charge in [-0.25, -0.2) is 8.42 Å². The lowest BCUT2D eigenvalue weighted by Gasteiger charge is -2.20. The molecule has 112 valence electrons. The summed E-state index contributed by atoms with van der Waals surface area (Å²) in [6.45, 7) is 9.77. The second-order valence-electron chi connectivity index (χ2n) is 5.09. The van der Waals surface area contributed by atoms with Gasteiger partial charge in [-0.15, -0.1) is 0 Å². The third kappa shape index (κ3) is 3.41. The lowest BCUT2D eigenvalue weighted by atomic mass is 10.1. The highest BCUT2D eigenvalue weighted by Gasteiger charge is 2.25. The van der Waals surface area contributed by atoms with E-state index < -0.39 is 10.0 Å². The summed E-state index contributed by atoms with van der Waals surface area (Å²) in [7, 11) is -1.97. The van der Waals surface area contributed by atoms with Gasteiger partial charge in [0, 0.05) is 19.3 Å². The molecular weight excluding hydrogens is 272 g/mol. The Labute approximate surface area is 122 Å². The summed E-state index contributed by atoms with van der Waals surface area (Å²) in [6, 6.07) is 3.59. The highest BCUT2D eigenvalue weighted by Crippen LogP contribution is 2.27. The molecule has 20 heavy (non-hydrogen) atoms. The molecular formula is C15H24N2O2S. The largest absolute Gasteiger partial charge is 0.398 e. The molecule has 0 saturated carbocycles. The lowest BCUT2D eigenvalue weighted by Crippen LogP contribution is -2.29. The third-order valence-electron chi connectivity index (χ3n) is 3.25. The van der Waals surface area contributed by atoms with Crippen LogP contribution in [0.5, 0.6) is 0 Å². The first-order chi connectivity index (χ1) is 9.23. The number of benzene rings is 1. The molecule has 0 fully saturated rings. The van der Waals surface area contributed by atoms with Gasteiger partial charge in [0.15, 0.2) is 0 Å². The Morgan fingerprint density at radius 3 is 2.35 bits per heavy atom. The standard InChI is InChI=1S/C15H24N2O2S/c1-6-12-8-14(16)13(7-2)15(9-12)20(18,19)17(5)10-11(3)4/h8-9H,3,6-7,10,16H2,1-2,4-5H3. The van der Waals surface area contributed by atoms with E-state index in [9.17, 15) is 8.42 Å². The fraction of sp³-hybridized carbons (Fsp3) is 0.467. The molecule has 1 rings (SSSR count). The second-order valence-corrected chi connectivity index (χ2v) is 7.10. The monoisotopic (exact) mass is 296 g/mol. The van der Waals surface area contributed by atoms with Gasteiger partial charge in [-0.05, 0) is 43.0 Å². The number of likely N-dealkylation sites (N-methyl/N-ethyl adjacent to an activating group) is 1. The van der Waals surface area contributed by atoms with E-state index in [0.29, 0.717) is 29.1 Å². The molecule has 5 heteroatoms. The van der Waals surface area contributed by atoms with E-state index in [1.165, 1.54) is 4.31 Å². The molecule has 0 saturated heterocycles. The fourth-order valence-corrected chi connectivity index (χ4v) is 3.77. The van der Waals surface area contributed by atoms with Crippen molar-refractivity contribution in [2.75, 3.05) is 19.3 Å². The van der Waals surface area contributed by atoms with Crippen molar-refractivity contribution < 1.29 is 8.42 Å². The van der Waals surface area contributed by atoms with Crippen molar-refractivity contribution in [1.82, 2.24) is 4.31 Å². The van der Waals surface area contributed by atoms with E-state index in [2.05, 4.69) is 6.58 Å². The summed E-state index contributed by atoms with van der Waals surface area (Å²) in [6.07, 6.45) is 1.34. The van der Waals surface area contributed by atoms with Gasteiger partial charge in [0.25, 0.3) is 0 Å². The number of sulfonamides is 1. The van der Waals surface area contributed by atoms with Crippen molar-refractivity contribution in [2.45, 2.75) is 38.5 Å². The first-order valence-electron chi connectivity index (χ1n) is 6.76. The van der Waals surface area contributed by atoms with Crippen molar-refractivity contribution in [3.63, 3.8) is 0 Å². The number of hydrogen-bond donors (Lipinski definition) is 1. The van der Waals surface area contributed by atoms with Crippen LogP contribution < -0.4 is 5.73 Å². The smallest absolute Gasteiger partial charge is 0.243 e. The number of aryl methyl sites for hydroxylation is 1. The van der Waals surface area contributed by atoms with Crippen LogP contribution in [0, 0.1) is 0 Å². The molecule has 0 aliphatic carbocycles. The van der Waals surface area contributed by atoms with E-state index in [-0.39, 0.29) is 0 Å². The molecule has 4 nitrogen and oxygen atoms in total. The van der Waals surface area contributed by atoms with E-state index in [1.54, 1.807) is 13.1 Å². The van der Waals surface area contributed by atoms with Crippen LogP contribution in [0.4, 0.5) is 5.69 Å². The molecule has 1 aromatic rings. The Bertz CT molecular complexity index is 607. The first kappa shape index (κ1) is 16.7. The quantitative estimate of drug-likeness (QED) is 0.648. The van der Waals surface area contributed by atoms with E-state index in [4.69, 9.17) is 5.73 Å². The Morgan fingerprint density at radius 1 is 1.30 bits per heavy atom. The summed E-state index contributed by atoms with van der Waals surface area (Å²) in [4.78, 5) is 0.320. The van der Waals surface area contributed by atoms with Crippen molar-refractivity contribution >= 4 is 15.7 Å². The van der Waals surface area contributed by atoms with Gasteiger partial charge < -0.3 is 5.73 Å². The summed E-state index contributed by atoms with van der Waals surface area (Å²) in [5.74, 6) is 0. The van der Waals surface area contributed by atoms with Gasteiger partial charge in [-0.3, -0.25) is 0 Å². The van der Waals surface area contributed by atoms with Crippen LogP contribution in [0.15, 0.2) is 29.2 Å². The average molecular weight is 296 g/mol. The molecule has 0 heterocycles. The Hall–Kier alpha value is -1.33. The normalized spacial score (nSPS) is 11.8. The molecule has 2 N–H and O–H groups in total. The predicted octanol–water partition coefficient (Wildman–Crippen LogP) is 2.59. The molecule has 1 aromatic carbocycles. The van der Waals surface area contributed by atoms with E-state index >= 15 is 0 Å². The third-order valence-corrected chi connectivity index (χ3v) is 5.12. The van der Waals surface area contributed by atoms with Crippen LogP contribution in [-0.2, 0) is 22.9 Å². The number of nitrogen functional groups attached to an aromatic ring is 1. The minimum Gasteiger partial charge on any atom is -0.398 e. The van der Waals surface area contributed by atoms with E-state index in [0.717, 1.165) is 17.6 Å². The SMILES string of the molecule is C=C(C)CN(C)S(=O)(=O)c1cc(CC)cc(N)c1CC. The highest BCUT2D eigenvalue weighted by atomic mass is 32.2. The maximum atomic E-state index is 12.7. The van der Waals surface area contributed by atoms with E-state index in [1.807, 2.05) is 26.8 Å². The topological polar surface area (TPSA) is 63.4 Å². The number of rotatable bonds is 6. The zero-order chi connectivity index (χ0) is 15.5. The molecule has 0 radical (unpaired) electrons. The number of nitrogens with two attached hydrogens (primary N) is 1. The summed E-state index contributed by atoms with van der Waals surface area (Å²) < 4.78 is 26.7. The van der Waals surface area contributed by atoms with Gasteiger partial charge in [0.2, 0.25) is 10.0 Å². The van der Waals surface area contributed by atoms with Gasteiger partial charge in [0.05, 0.1) is 4.90 Å². The molecule has 0 aromatic heterocycles. The van der Waals surface area contributed by atoms with Crippen molar-refractivity contribution in [2.24, 2.45) is 0 Å². The van der Waals surface area contributed by atoms with Crippen LogP contribution in [0.25, 0.3) is 0 Å². The zero-order valence-corrected chi connectivity index (χ0v) is 13.5. The van der Waals surface area contributed by atoms with Crippen molar-refractivity contribution in [3.8, 4) is 0 Å². The molecule has 0 atom stereocenters. The molecule has 0 spiro atoms. The summed E-state index contributed by atoms with van der Waals surface area (Å²) >= 11 is 0. The fourth-order valence-electron chi connectivity index (χ4n) is 2.17. The second kappa shape index (κ2) is 6.41. The van der Waals surface area contributed by atoms with Crippen molar-refractivity contribution in [3.05, 3.63) is 35.4 Å². The van der Waals surface area contributed by atoms with Crippen LogP contribution in [0.1, 0.15) is 31.9 Å². The van der Waals surface area contributed by atoms with Crippen LogP contribution in [-0.4, -0.2) is 26.3 Å². The van der Waals surface area contributed by atoms with Gasteiger partial charge >= 0.3 is 0 Å². The molecule has 0 aliphatic heterocycles. The highest BCUT2D eigenvalue weighted by molar-refractivity contribution is 7.89. The average Bonchev–Trinajstić information content (AvgIpc) is 2.36. The molecule has 0 unspecified atom stereocenters. The number of nitrogens with zero attached hydrogens (tertiary/aromatic N) is 1. The van der Waals surface area contributed by atoms with Gasteiger partial charge in [-0.1, -0.05) is 26.0 Å². The molecule has 0 bridgehead atoms. The van der Waals surface area contributed by atoms with Crippen LogP contribution in [0.2, 0.25) is 0 Å². The Balaban J connectivity index is 3.43. The maximum absolute atomic E-state index is 12.7. The minimum absolute atomic E-state index is 0.307. The maximum Gasteiger partial charge on any atom is 0.243 e. The minimum atomic E-state index is -3.54. The first-order valence-corrected chi connectivity index (χ1v) is 8.20. The molecule has 0 amide bonds. The predicted molar refractivity (Wildman–Crippen MR) is 84.2 cm³/mol. The summed E-state index contributed by atoms with van der Waals surface area (Å²) in [5.41, 5.74) is 8.98. The number of hydrogen-bond acceptors (Lipinski definition) is 3. The lowest BCUT2D eigenvalue weighted by molar-refractivity contribution is 0.492. The van der Waals surface area contributed by atoms with Crippen molar-refractivity contribution in [1.29, 1.82) is 0 Å².